The van der Waals surface area contributed by atoms with Gasteiger partial charge in [0.25, 0.3) is 0 Å². The Bertz CT molecular complexity index is 413. The summed E-state index contributed by atoms with van der Waals surface area (Å²) in [5, 5.41) is 9.34. The molecule has 5 heteroatoms. The van der Waals surface area contributed by atoms with Gasteiger partial charge >= 0.3 is 5.97 Å². The number of pyridine rings is 1. The molecular formula is C11H14N2O3. The van der Waals surface area contributed by atoms with Crippen molar-refractivity contribution in [2.75, 3.05) is 7.11 Å². The SMILES string of the molecule is COc1ncccc1C1(C(=O)O)CC(N)C1. The van der Waals surface area contributed by atoms with Gasteiger partial charge in [0, 0.05) is 17.8 Å². The molecule has 0 unspecified atom stereocenters. The molecule has 0 atom stereocenters. The van der Waals surface area contributed by atoms with Crippen LogP contribution in [0, 0.1) is 0 Å². The van der Waals surface area contributed by atoms with Gasteiger partial charge in [0.1, 0.15) is 5.41 Å². The van der Waals surface area contributed by atoms with Crippen molar-refractivity contribution in [3.8, 4) is 5.88 Å². The number of aliphatic carboxylic acids is 1. The maximum Gasteiger partial charge on any atom is 0.314 e. The Morgan fingerprint density at radius 2 is 2.38 bits per heavy atom. The molecule has 0 radical (unpaired) electrons. The predicted molar refractivity (Wildman–Crippen MR) is 57.3 cm³/mol. The van der Waals surface area contributed by atoms with E-state index in [1.165, 1.54) is 7.11 Å². The Morgan fingerprint density at radius 1 is 1.69 bits per heavy atom. The maximum atomic E-state index is 11.4. The van der Waals surface area contributed by atoms with Crippen molar-refractivity contribution in [3.63, 3.8) is 0 Å². The van der Waals surface area contributed by atoms with Gasteiger partial charge in [-0.2, -0.15) is 0 Å². The molecular weight excluding hydrogens is 208 g/mol. The fourth-order valence-corrected chi connectivity index (χ4v) is 2.26. The van der Waals surface area contributed by atoms with Crippen molar-refractivity contribution in [2.24, 2.45) is 5.73 Å². The molecule has 86 valence electrons. The lowest BCUT2D eigenvalue weighted by Crippen LogP contribution is -2.54. The van der Waals surface area contributed by atoms with Crippen LogP contribution in [0.2, 0.25) is 0 Å². The fraction of sp³-hybridized carbons (Fsp3) is 0.455. The molecule has 1 saturated carbocycles. The third kappa shape index (κ3) is 1.44. The van der Waals surface area contributed by atoms with Gasteiger partial charge in [0.2, 0.25) is 5.88 Å². The number of hydrogen-bond acceptors (Lipinski definition) is 4. The average Bonchev–Trinajstić information content (AvgIpc) is 2.24. The van der Waals surface area contributed by atoms with Crippen LogP contribution in [0.4, 0.5) is 0 Å². The Kier molecular flexibility index (Phi) is 2.55. The van der Waals surface area contributed by atoms with Gasteiger partial charge in [0.05, 0.1) is 7.11 Å². The van der Waals surface area contributed by atoms with Crippen LogP contribution in [0.25, 0.3) is 0 Å². The highest BCUT2D eigenvalue weighted by Crippen LogP contribution is 2.46. The molecule has 1 aromatic rings. The number of carbonyl (C=O) groups is 1. The second-order valence-corrected chi connectivity index (χ2v) is 4.12. The molecule has 0 spiro atoms. The van der Waals surface area contributed by atoms with E-state index in [2.05, 4.69) is 4.98 Å². The molecule has 0 aromatic carbocycles. The topological polar surface area (TPSA) is 85.4 Å². The number of hydrogen-bond donors (Lipinski definition) is 2. The molecule has 1 aliphatic rings. The zero-order chi connectivity index (χ0) is 11.8. The van der Waals surface area contributed by atoms with Crippen LogP contribution >= 0.6 is 0 Å². The van der Waals surface area contributed by atoms with Crippen molar-refractivity contribution in [1.82, 2.24) is 4.98 Å². The summed E-state index contributed by atoms with van der Waals surface area (Å²) in [6.07, 6.45) is 2.45. The molecule has 1 aromatic heterocycles. The van der Waals surface area contributed by atoms with E-state index in [-0.39, 0.29) is 6.04 Å². The summed E-state index contributed by atoms with van der Waals surface area (Å²) in [5.41, 5.74) is 5.40. The minimum absolute atomic E-state index is 0.0546. The lowest BCUT2D eigenvalue weighted by atomic mass is 9.62. The Hall–Kier alpha value is -1.62. The molecule has 1 fully saturated rings. The average molecular weight is 222 g/mol. The van der Waals surface area contributed by atoms with E-state index in [1.807, 2.05) is 0 Å². The molecule has 3 N–H and O–H groups in total. The number of carboxylic acids is 1. The number of aromatic nitrogens is 1. The van der Waals surface area contributed by atoms with E-state index < -0.39 is 11.4 Å². The molecule has 0 aliphatic heterocycles. The number of carboxylic acid groups (broad SMARTS) is 1. The van der Waals surface area contributed by atoms with Crippen LogP contribution < -0.4 is 10.5 Å². The third-order valence-corrected chi connectivity index (χ3v) is 3.11. The second kappa shape index (κ2) is 3.75. The van der Waals surface area contributed by atoms with Gasteiger partial charge in [0.15, 0.2) is 0 Å². The van der Waals surface area contributed by atoms with E-state index in [0.717, 1.165) is 0 Å². The van der Waals surface area contributed by atoms with Gasteiger partial charge in [-0.3, -0.25) is 4.79 Å². The van der Waals surface area contributed by atoms with Crippen LogP contribution in [0.5, 0.6) is 5.88 Å². The van der Waals surface area contributed by atoms with E-state index in [1.54, 1.807) is 18.3 Å². The Balaban J connectivity index is 2.44. The van der Waals surface area contributed by atoms with Crippen LogP contribution in [-0.2, 0) is 10.2 Å². The highest BCUT2D eigenvalue weighted by Gasteiger charge is 2.52. The largest absolute Gasteiger partial charge is 0.481 e. The van der Waals surface area contributed by atoms with Gasteiger partial charge in [-0.1, -0.05) is 6.07 Å². The molecule has 1 aliphatic carbocycles. The first-order chi connectivity index (χ1) is 7.60. The summed E-state index contributed by atoms with van der Waals surface area (Å²) >= 11 is 0. The minimum Gasteiger partial charge on any atom is -0.481 e. The zero-order valence-electron chi connectivity index (χ0n) is 9.01. The number of nitrogens with two attached hydrogens (primary N) is 1. The maximum absolute atomic E-state index is 11.4. The number of ether oxygens (including phenoxy) is 1. The molecule has 0 saturated heterocycles. The number of nitrogens with zero attached hydrogens (tertiary/aromatic N) is 1. The smallest absolute Gasteiger partial charge is 0.314 e. The first-order valence-electron chi connectivity index (χ1n) is 5.08. The number of methoxy groups -OCH3 is 1. The number of rotatable bonds is 3. The highest BCUT2D eigenvalue weighted by atomic mass is 16.5. The minimum atomic E-state index is -0.918. The van der Waals surface area contributed by atoms with E-state index >= 15 is 0 Å². The summed E-state index contributed by atoms with van der Waals surface area (Å²) in [6, 6.07) is 3.40. The Morgan fingerprint density at radius 3 is 2.88 bits per heavy atom. The second-order valence-electron chi connectivity index (χ2n) is 4.12. The van der Waals surface area contributed by atoms with E-state index in [0.29, 0.717) is 24.3 Å². The molecule has 1 heterocycles. The summed E-state index contributed by atoms with van der Waals surface area (Å²) in [4.78, 5) is 15.4. The predicted octanol–water partition coefficient (Wildman–Crippen LogP) is 0.534. The highest BCUT2D eigenvalue weighted by molar-refractivity contribution is 5.84. The summed E-state index contributed by atoms with van der Waals surface area (Å²) < 4.78 is 5.10. The summed E-state index contributed by atoms with van der Waals surface area (Å²) in [7, 11) is 1.49. The van der Waals surface area contributed by atoms with Crippen molar-refractivity contribution >= 4 is 5.97 Å². The molecule has 5 nitrogen and oxygen atoms in total. The zero-order valence-corrected chi connectivity index (χ0v) is 9.01. The van der Waals surface area contributed by atoms with Crippen molar-refractivity contribution in [2.45, 2.75) is 24.3 Å². The van der Waals surface area contributed by atoms with Crippen LogP contribution in [-0.4, -0.2) is 29.2 Å². The lowest BCUT2D eigenvalue weighted by Gasteiger charge is -2.42. The van der Waals surface area contributed by atoms with Crippen molar-refractivity contribution < 1.29 is 14.6 Å². The quantitative estimate of drug-likeness (QED) is 0.779. The first kappa shape index (κ1) is 10.9. The molecule has 16 heavy (non-hydrogen) atoms. The van der Waals surface area contributed by atoms with Gasteiger partial charge in [-0.15, -0.1) is 0 Å². The lowest BCUT2D eigenvalue weighted by molar-refractivity contribution is -0.148. The van der Waals surface area contributed by atoms with Crippen LogP contribution in [0.3, 0.4) is 0 Å². The van der Waals surface area contributed by atoms with E-state index in [4.69, 9.17) is 10.5 Å². The normalized spacial score (nSPS) is 28.2. The van der Waals surface area contributed by atoms with Crippen LogP contribution in [0.1, 0.15) is 18.4 Å². The summed E-state index contributed by atoms with van der Waals surface area (Å²) in [6.45, 7) is 0. The van der Waals surface area contributed by atoms with Crippen molar-refractivity contribution in [3.05, 3.63) is 23.9 Å². The molecule has 2 rings (SSSR count). The first-order valence-corrected chi connectivity index (χ1v) is 5.08. The van der Waals surface area contributed by atoms with E-state index in [9.17, 15) is 9.90 Å². The monoisotopic (exact) mass is 222 g/mol. The third-order valence-electron chi connectivity index (χ3n) is 3.11. The molecule has 0 bridgehead atoms. The van der Waals surface area contributed by atoms with Crippen LogP contribution in [0.15, 0.2) is 18.3 Å². The van der Waals surface area contributed by atoms with Gasteiger partial charge in [-0.25, -0.2) is 4.98 Å². The summed E-state index contributed by atoms with van der Waals surface area (Å²) in [5.74, 6) is -0.489. The van der Waals surface area contributed by atoms with Gasteiger partial charge < -0.3 is 15.6 Å². The van der Waals surface area contributed by atoms with Crippen molar-refractivity contribution in [1.29, 1.82) is 0 Å². The Labute approximate surface area is 93.2 Å². The fourth-order valence-electron chi connectivity index (χ4n) is 2.26. The molecule has 0 amide bonds. The standard InChI is InChI=1S/C11H14N2O3/c1-16-9-8(3-2-4-13-9)11(10(14)15)5-7(12)6-11/h2-4,7H,5-6,12H2,1H3,(H,14,15). The van der Waals surface area contributed by atoms with Gasteiger partial charge in [-0.05, 0) is 18.9 Å².